The van der Waals surface area contributed by atoms with Gasteiger partial charge in [-0.05, 0) is 117 Å². The van der Waals surface area contributed by atoms with Crippen LogP contribution in [0.25, 0.3) is 10.8 Å². The molecule has 4 fully saturated rings. The van der Waals surface area contributed by atoms with Gasteiger partial charge in [0.05, 0.1) is 24.4 Å². The van der Waals surface area contributed by atoms with Gasteiger partial charge in [0.15, 0.2) is 0 Å². The van der Waals surface area contributed by atoms with Crippen LogP contribution in [-0.2, 0) is 9.47 Å². The Bertz CT molecular complexity index is 1310. The predicted molar refractivity (Wildman–Crippen MR) is 151 cm³/mol. The Hall–Kier alpha value is -2.01. The van der Waals surface area contributed by atoms with Crippen molar-refractivity contribution in [2.75, 3.05) is 26.3 Å². The summed E-state index contributed by atoms with van der Waals surface area (Å²) in [7, 11) is 0. The fourth-order valence-corrected chi connectivity index (χ4v) is 9.13. The number of hydrogen-bond acceptors (Lipinski definition) is 4. The van der Waals surface area contributed by atoms with Crippen LogP contribution in [0, 0.1) is 11.3 Å². The van der Waals surface area contributed by atoms with Gasteiger partial charge in [0.25, 0.3) is 0 Å². The van der Waals surface area contributed by atoms with E-state index in [1.165, 1.54) is 92.8 Å². The van der Waals surface area contributed by atoms with E-state index in [4.69, 9.17) is 9.47 Å². The molecule has 5 atom stereocenters. The lowest BCUT2D eigenvalue weighted by molar-refractivity contribution is -0.123. The lowest BCUT2D eigenvalue weighted by Gasteiger charge is -2.50. The minimum Gasteiger partial charge on any atom is -0.380 e. The van der Waals surface area contributed by atoms with Gasteiger partial charge in [0.1, 0.15) is 0 Å². The maximum absolute atomic E-state index is 7.47. The second-order valence-corrected chi connectivity index (χ2v) is 13.7. The van der Waals surface area contributed by atoms with Crippen LogP contribution in [0.4, 0.5) is 0 Å². The van der Waals surface area contributed by atoms with Crippen molar-refractivity contribution in [1.29, 1.82) is 0 Å². The van der Waals surface area contributed by atoms with Crippen molar-refractivity contribution in [1.82, 2.24) is 9.88 Å². The molecule has 4 nitrogen and oxygen atoms in total. The van der Waals surface area contributed by atoms with Gasteiger partial charge in [-0.2, -0.15) is 0 Å². The maximum Gasteiger partial charge on any atom is 0.0966 e. The lowest BCUT2D eigenvalue weighted by Crippen LogP contribution is -2.52. The van der Waals surface area contributed by atoms with Crippen LogP contribution < -0.4 is 0 Å². The van der Waals surface area contributed by atoms with Crippen molar-refractivity contribution in [3.8, 4) is 0 Å². The Morgan fingerprint density at radius 3 is 2.82 bits per heavy atom. The number of allylic oxidation sites excluding steroid dienone is 1. The smallest absolute Gasteiger partial charge is 0.0966 e. The summed E-state index contributed by atoms with van der Waals surface area (Å²) in [5.74, 6) is 1.14. The molecule has 0 amide bonds. The Kier molecular flexibility index (Phi) is 5.49. The summed E-state index contributed by atoms with van der Waals surface area (Å²) < 4.78 is 13.1. The average molecular weight is 511 g/mol. The first-order chi connectivity index (χ1) is 18.6. The number of pyridine rings is 1. The van der Waals surface area contributed by atoms with Crippen LogP contribution in [0.1, 0.15) is 82.6 Å². The number of likely N-dealkylation sites (tertiary alicyclic amines) is 1. The summed E-state index contributed by atoms with van der Waals surface area (Å²) in [6.45, 7) is 6.94. The fourth-order valence-electron chi connectivity index (χ4n) is 9.13. The van der Waals surface area contributed by atoms with Gasteiger partial charge < -0.3 is 9.47 Å². The van der Waals surface area contributed by atoms with E-state index >= 15 is 0 Å². The molecule has 200 valence electrons. The predicted octanol–water partition coefficient (Wildman–Crippen LogP) is 6.96. The molecular formula is C34H42N2O2. The van der Waals surface area contributed by atoms with Crippen LogP contribution in [0.15, 0.2) is 60.0 Å². The van der Waals surface area contributed by atoms with Crippen molar-refractivity contribution < 1.29 is 9.47 Å². The standard InChI is InChI=1S/C34H42N2O2/c1-24-5-6-25(27-8-7-26-11-15-35-20-28(26)17-27)3-2-4-30-18-29-9-10-31(19-33(29)12-13-34(24,30)38-33)36-16-14-32(21-36)22-37-23-32/h4,7-8,11,15,17-18,20,24-25,31H,2-3,5-6,9-10,12-14,16,19,21-23H2,1H3/b30-4-/t24-,25?,31?,33+,34-/m0/s1. The number of ether oxygens (including phenoxy) is 2. The van der Waals surface area contributed by atoms with Crippen molar-refractivity contribution >= 4 is 10.8 Å². The zero-order valence-electron chi connectivity index (χ0n) is 23.0. The fraction of sp³-hybridized carbons (Fsp3) is 0.618. The van der Waals surface area contributed by atoms with Crippen LogP contribution in [-0.4, -0.2) is 53.4 Å². The first-order valence-electron chi connectivity index (χ1n) is 15.3. The van der Waals surface area contributed by atoms with Crippen LogP contribution >= 0.6 is 0 Å². The third kappa shape index (κ3) is 3.63. The van der Waals surface area contributed by atoms with Crippen LogP contribution in [0.2, 0.25) is 0 Å². The van der Waals surface area contributed by atoms with Gasteiger partial charge in [-0.25, -0.2) is 0 Å². The summed E-state index contributed by atoms with van der Waals surface area (Å²) in [5.41, 5.74) is 4.98. The summed E-state index contributed by atoms with van der Waals surface area (Å²) in [4.78, 5) is 7.18. The highest BCUT2D eigenvalue weighted by Gasteiger charge is 2.60. The zero-order chi connectivity index (χ0) is 25.4. The highest BCUT2D eigenvalue weighted by molar-refractivity contribution is 5.82. The SMILES string of the molecule is C[C@H]1CCC(c2ccc3ccncc3c2)CC/C=C2/C=C3CCC(N4CCC5(COC5)C4)C[C@]34CC[C@@]21O4. The number of benzene rings is 1. The molecule has 1 saturated carbocycles. The molecule has 6 aliphatic rings. The third-order valence-electron chi connectivity index (χ3n) is 11.6. The Morgan fingerprint density at radius 1 is 1.00 bits per heavy atom. The quantitative estimate of drug-likeness (QED) is 0.438. The van der Waals surface area contributed by atoms with Gasteiger partial charge >= 0.3 is 0 Å². The molecule has 2 bridgehead atoms. The molecule has 3 spiro atoms. The van der Waals surface area contributed by atoms with Crippen molar-refractivity contribution in [2.24, 2.45) is 11.3 Å². The van der Waals surface area contributed by atoms with Crippen molar-refractivity contribution in [2.45, 2.75) is 94.3 Å². The maximum atomic E-state index is 7.47. The number of hydrogen-bond donors (Lipinski definition) is 0. The molecule has 5 heterocycles. The summed E-state index contributed by atoms with van der Waals surface area (Å²) in [6, 6.07) is 9.83. The molecule has 3 saturated heterocycles. The van der Waals surface area contributed by atoms with E-state index in [2.05, 4.69) is 53.2 Å². The van der Waals surface area contributed by atoms with E-state index in [-0.39, 0.29) is 11.2 Å². The van der Waals surface area contributed by atoms with Crippen LogP contribution in [0.5, 0.6) is 0 Å². The van der Waals surface area contributed by atoms with Gasteiger partial charge in [-0.3, -0.25) is 9.88 Å². The van der Waals surface area contributed by atoms with E-state index in [9.17, 15) is 0 Å². The molecule has 0 N–H and O–H groups in total. The minimum absolute atomic E-state index is 0.0147. The number of fused-ring (bicyclic) bond motifs is 1. The van der Waals surface area contributed by atoms with Gasteiger partial charge in [0.2, 0.25) is 0 Å². The number of nitrogens with zero attached hydrogens (tertiary/aromatic N) is 2. The number of rotatable bonds is 2. The van der Waals surface area contributed by atoms with E-state index in [1.807, 2.05) is 12.4 Å². The minimum atomic E-state index is -0.0817. The van der Waals surface area contributed by atoms with Gasteiger partial charge in [-0.15, -0.1) is 0 Å². The molecule has 1 aromatic carbocycles. The molecule has 0 radical (unpaired) electrons. The Morgan fingerprint density at radius 2 is 1.95 bits per heavy atom. The summed E-state index contributed by atoms with van der Waals surface area (Å²) >= 11 is 0. The van der Waals surface area contributed by atoms with E-state index in [1.54, 1.807) is 5.57 Å². The second kappa shape index (κ2) is 8.74. The monoisotopic (exact) mass is 510 g/mol. The molecule has 2 unspecified atom stereocenters. The zero-order valence-corrected chi connectivity index (χ0v) is 23.0. The molecule has 1 aromatic heterocycles. The second-order valence-electron chi connectivity index (χ2n) is 13.7. The molecular weight excluding hydrogens is 468 g/mol. The molecule has 8 rings (SSSR count). The Balaban J connectivity index is 1.04. The average Bonchev–Trinajstić information content (AvgIpc) is 3.53. The largest absolute Gasteiger partial charge is 0.380 e. The van der Waals surface area contributed by atoms with E-state index in [0.717, 1.165) is 19.6 Å². The topological polar surface area (TPSA) is 34.6 Å². The lowest BCUT2D eigenvalue weighted by atomic mass is 9.73. The van der Waals surface area contributed by atoms with Crippen molar-refractivity contribution in [3.05, 3.63) is 65.5 Å². The summed E-state index contributed by atoms with van der Waals surface area (Å²) in [5, 5.41) is 2.55. The Labute approximate surface area is 227 Å². The molecule has 2 aliphatic carbocycles. The molecule has 2 aromatic rings. The van der Waals surface area contributed by atoms with E-state index < -0.39 is 0 Å². The highest BCUT2D eigenvalue weighted by atomic mass is 16.5. The van der Waals surface area contributed by atoms with Crippen LogP contribution in [0.3, 0.4) is 0 Å². The molecule has 4 aliphatic heterocycles. The highest BCUT2D eigenvalue weighted by Crippen LogP contribution is 2.60. The normalized spacial score (nSPS) is 39.8. The first-order valence-corrected chi connectivity index (χ1v) is 15.3. The van der Waals surface area contributed by atoms with Crippen molar-refractivity contribution in [3.63, 3.8) is 0 Å². The van der Waals surface area contributed by atoms with E-state index in [0.29, 0.717) is 23.3 Å². The van der Waals surface area contributed by atoms with Gasteiger partial charge in [-0.1, -0.05) is 31.2 Å². The molecule has 4 heteroatoms. The first kappa shape index (κ1) is 23.8. The number of aromatic nitrogens is 1. The summed E-state index contributed by atoms with van der Waals surface area (Å²) in [6.07, 6.45) is 21.4. The van der Waals surface area contributed by atoms with Gasteiger partial charge in [0, 0.05) is 35.8 Å². The molecule has 38 heavy (non-hydrogen) atoms. The third-order valence-corrected chi connectivity index (χ3v) is 11.6.